The smallest absolute Gasteiger partial charge is 0.273 e. The summed E-state index contributed by atoms with van der Waals surface area (Å²) < 4.78 is 5.64. The summed E-state index contributed by atoms with van der Waals surface area (Å²) in [4.78, 5) is 33.1. The average molecular weight is 416 g/mol. The number of rotatable bonds is 7. The minimum atomic E-state index is -0.101. The van der Waals surface area contributed by atoms with E-state index in [1.165, 1.54) is 16.9 Å². The van der Waals surface area contributed by atoms with E-state index >= 15 is 0 Å². The van der Waals surface area contributed by atoms with E-state index in [4.69, 9.17) is 4.74 Å². The Balaban J connectivity index is 1.88. The van der Waals surface area contributed by atoms with Crippen molar-refractivity contribution in [3.8, 4) is 5.75 Å². The molecule has 0 fully saturated rings. The van der Waals surface area contributed by atoms with E-state index in [0.717, 1.165) is 17.1 Å². The second kappa shape index (κ2) is 8.53. The second-order valence-corrected chi connectivity index (χ2v) is 8.74. The minimum Gasteiger partial charge on any atom is -0.482 e. The molecule has 0 atom stereocenters. The predicted molar refractivity (Wildman–Crippen MR) is 116 cm³/mol. The Labute approximate surface area is 176 Å². The number of thiazole rings is 1. The third kappa shape index (κ3) is 4.29. The largest absolute Gasteiger partial charge is 0.482 e. The fourth-order valence-corrected chi connectivity index (χ4v) is 4.05. The summed E-state index contributed by atoms with van der Waals surface area (Å²) in [6.45, 7) is 12.1. The van der Waals surface area contributed by atoms with Gasteiger partial charge in [0, 0.05) is 18.5 Å². The normalized spacial score (nSPS) is 13.8. The van der Waals surface area contributed by atoms with Gasteiger partial charge in [-0.1, -0.05) is 26.8 Å². The number of ether oxygens (including phenoxy) is 1. The number of hydrogen-bond acceptors (Lipinski definition) is 5. The van der Waals surface area contributed by atoms with Gasteiger partial charge in [0.25, 0.3) is 11.8 Å². The van der Waals surface area contributed by atoms with Crippen molar-refractivity contribution in [1.29, 1.82) is 0 Å². The Morgan fingerprint density at radius 1 is 1.28 bits per heavy atom. The molecule has 156 valence electrons. The lowest BCUT2D eigenvalue weighted by Crippen LogP contribution is -2.38. The maximum Gasteiger partial charge on any atom is 0.273 e. The van der Waals surface area contributed by atoms with Crippen molar-refractivity contribution in [2.45, 2.75) is 53.0 Å². The first-order chi connectivity index (χ1) is 13.8. The number of anilines is 1. The number of aromatic nitrogens is 1. The van der Waals surface area contributed by atoms with Crippen LogP contribution in [0.5, 0.6) is 5.75 Å². The number of hydrogen-bond donors (Lipinski definition) is 0. The summed E-state index contributed by atoms with van der Waals surface area (Å²) in [6, 6.07) is 6.06. The van der Waals surface area contributed by atoms with Crippen LogP contribution in [0.3, 0.4) is 0 Å². The van der Waals surface area contributed by atoms with E-state index in [2.05, 4.69) is 31.8 Å². The Morgan fingerprint density at radius 2 is 2.00 bits per heavy atom. The van der Waals surface area contributed by atoms with Crippen LogP contribution in [0.1, 0.15) is 62.1 Å². The first kappa shape index (κ1) is 21.3. The van der Waals surface area contributed by atoms with Crippen molar-refractivity contribution in [2.75, 3.05) is 24.6 Å². The van der Waals surface area contributed by atoms with Crippen LogP contribution in [0.25, 0.3) is 0 Å². The summed E-state index contributed by atoms with van der Waals surface area (Å²) in [5.74, 6) is 0.533. The molecule has 1 aromatic heterocycles. The number of carbonyl (C=O) groups is 2. The van der Waals surface area contributed by atoms with E-state index in [-0.39, 0.29) is 23.8 Å². The summed E-state index contributed by atoms with van der Waals surface area (Å²) in [5.41, 5.74) is 2.38. The third-order valence-electron chi connectivity index (χ3n) is 5.68. The van der Waals surface area contributed by atoms with Gasteiger partial charge in [-0.2, -0.15) is 0 Å². The molecule has 0 saturated heterocycles. The highest BCUT2D eigenvalue weighted by molar-refractivity contribution is 7.09. The van der Waals surface area contributed by atoms with Crippen molar-refractivity contribution in [3.63, 3.8) is 0 Å². The molecule has 2 aromatic rings. The molecular weight excluding hydrogens is 386 g/mol. The standard InChI is InChI=1S/C22H29N3O3S/c1-6-22(4,5)15-9-10-18-17(11-15)25(20(26)13-28-18)12-19-23-16(14-29-19)21(27)24(7-2)8-3/h9-11,14H,6-8,12-13H2,1-5H3. The number of amides is 2. The molecule has 0 unspecified atom stereocenters. The lowest BCUT2D eigenvalue weighted by Gasteiger charge is -2.31. The number of carbonyl (C=O) groups excluding carboxylic acids is 2. The van der Waals surface area contributed by atoms with Gasteiger partial charge >= 0.3 is 0 Å². The summed E-state index contributed by atoms with van der Waals surface area (Å²) in [5, 5.41) is 2.51. The van der Waals surface area contributed by atoms with Crippen molar-refractivity contribution in [2.24, 2.45) is 0 Å². The zero-order valence-electron chi connectivity index (χ0n) is 17.8. The third-order valence-corrected chi connectivity index (χ3v) is 6.52. The Kier molecular flexibility index (Phi) is 6.27. The van der Waals surface area contributed by atoms with E-state index in [9.17, 15) is 9.59 Å². The molecule has 6 nitrogen and oxygen atoms in total. The molecule has 0 spiro atoms. The molecule has 0 aliphatic carbocycles. The van der Waals surface area contributed by atoms with Gasteiger partial charge in [-0.3, -0.25) is 14.5 Å². The highest BCUT2D eigenvalue weighted by Gasteiger charge is 2.29. The summed E-state index contributed by atoms with van der Waals surface area (Å²) in [6.07, 6.45) is 0.990. The molecule has 0 bridgehead atoms. The van der Waals surface area contributed by atoms with Gasteiger partial charge < -0.3 is 9.64 Å². The van der Waals surface area contributed by atoms with Gasteiger partial charge in [0.2, 0.25) is 0 Å². The zero-order chi connectivity index (χ0) is 21.2. The SMILES string of the molecule is CCN(CC)C(=O)c1csc(CN2C(=O)COc3ccc(C(C)(C)CC)cc32)n1. The average Bonchev–Trinajstić information content (AvgIpc) is 3.19. The quantitative estimate of drug-likeness (QED) is 0.679. The topological polar surface area (TPSA) is 62.7 Å². The van der Waals surface area contributed by atoms with Crippen LogP contribution >= 0.6 is 11.3 Å². The van der Waals surface area contributed by atoms with Crippen molar-refractivity contribution in [3.05, 3.63) is 39.8 Å². The van der Waals surface area contributed by atoms with E-state index < -0.39 is 0 Å². The molecule has 0 saturated carbocycles. The first-order valence-corrected chi connectivity index (χ1v) is 11.0. The van der Waals surface area contributed by atoms with Crippen molar-refractivity contribution < 1.29 is 14.3 Å². The minimum absolute atomic E-state index is 0.00568. The van der Waals surface area contributed by atoms with E-state index in [1.54, 1.807) is 15.2 Å². The van der Waals surface area contributed by atoms with Gasteiger partial charge in [-0.05, 0) is 43.4 Å². The van der Waals surface area contributed by atoms with Gasteiger partial charge in [-0.25, -0.2) is 4.98 Å². The van der Waals surface area contributed by atoms with Gasteiger partial charge in [0.15, 0.2) is 6.61 Å². The van der Waals surface area contributed by atoms with Gasteiger partial charge in [-0.15, -0.1) is 11.3 Å². The number of nitrogens with zero attached hydrogens (tertiary/aromatic N) is 3. The van der Waals surface area contributed by atoms with Crippen LogP contribution < -0.4 is 9.64 Å². The lowest BCUT2D eigenvalue weighted by molar-refractivity contribution is -0.121. The molecular formula is C22H29N3O3S. The molecule has 1 aromatic carbocycles. The highest BCUT2D eigenvalue weighted by atomic mass is 32.1. The van der Waals surface area contributed by atoms with Crippen molar-refractivity contribution in [1.82, 2.24) is 9.88 Å². The second-order valence-electron chi connectivity index (χ2n) is 7.79. The first-order valence-electron chi connectivity index (χ1n) is 10.1. The molecule has 0 N–H and O–H groups in total. The summed E-state index contributed by atoms with van der Waals surface area (Å²) >= 11 is 1.41. The van der Waals surface area contributed by atoms with Crippen LogP contribution in [-0.2, 0) is 16.8 Å². The Bertz CT molecular complexity index is 902. The fourth-order valence-electron chi connectivity index (χ4n) is 3.29. The fraction of sp³-hybridized carbons (Fsp3) is 0.500. The van der Waals surface area contributed by atoms with Crippen LogP contribution in [0, 0.1) is 0 Å². The zero-order valence-corrected chi connectivity index (χ0v) is 18.6. The monoisotopic (exact) mass is 415 g/mol. The highest BCUT2D eigenvalue weighted by Crippen LogP contribution is 2.38. The van der Waals surface area contributed by atoms with Gasteiger partial charge in [0.1, 0.15) is 16.5 Å². The predicted octanol–water partition coefficient (Wildman–Crippen LogP) is 4.24. The summed E-state index contributed by atoms with van der Waals surface area (Å²) in [7, 11) is 0. The molecule has 1 aliphatic heterocycles. The molecule has 29 heavy (non-hydrogen) atoms. The molecule has 1 aliphatic rings. The molecule has 3 rings (SSSR count). The van der Waals surface area contributed by atoms with Gasteiger partial charge in [0.05, 0.1) is 12.2 Å². The number of fused-ring (bicyclic) bond motifs is 1. The molecule has 7 heteroatoms. The maximum atomic E-state index is 12.6. The van der Waals surface area contributed by atoms with E-state index in [0.29, 0.717) is 31.1 Å². The Hall–Kier alpha value is -2.41. The van der Waals surface area contributed by atoms with Crippen LogP contribution in [0.4, 0.5) is 5.69 Å². The Morgan fingerprint density at radius 3 is 2.66 bits per heavy atom. The van der Waals surface area contributed by atoms with Crippen LogP contribution in [0.15, 0.2) is 23.6 Å². The molecule has 0 radical (unpaired) electrons. The van der Waals surface area contributed by atoms with E-state index in [1.807, 2.05) is 26.0 Å². The molecule has 2 heterocycles. The van der Waals surface area contributed by atoms with Crippen molar-refractivity contribution >= 4 is 28.8 Å². The lowest BCUT2D eigenvalue weighted by atomic mass is 9.82. The van der Waals surface area contributed by atoms with Crippen LogP contribution in [-0.4, -0.2) is 41.4 Å². The maximum absolute atomic E-state index is 12.6. The van der Waals surface area contributed by atoms with Crippen LogP contribution in [0.2, 0.25) is 0 Å². The number of benzene rings is 1. The molecule has 2 amide bonds.